The first-order chi connectivity index (χ1) is 9.72. The van der Waals surface area contributed by atoms with Crippen molar-refractivity contribution in [2.75, 3.05) is 11.9 Å². The summed E-state index contributed by atoms with van der Waals surface area (Å²) in [5.41, 5.74) is 0.989. The van der Waals surface area contributed by atoms with Gasteiger partial charge in [-0.3, -0.25) is 10.1 Å². The van der Waals surface area contributed by atoms with Gasteiger partial charge in [0.2, 0.25) is 0 Å². The molecule has 1 aromatic carbocycles. The Morgan fingerprint density at radius 3 is 3.10 bits per heavy atom. The van der Waals surface area contributed by atoms with Crippen molar-refractivity contribution in [2.45, 2.75) is 6.42 Å². The van der Waals surface area contributed by atoms with E-state index in [1.54, 1.807) is 23.6 Å². The predicted molar refractivity (Wildman–Crippen MR) is 75.0 cm³/mol. The number of oxazole rings is 1. The van der Waals surface area contributed by atoms with Crippen molar-refractivity contribution in [2.24, 2.45) is 0 Å². The highest BCUT2D eigenvalue weighted by Crippen LogP contribution is 2.23. The molecule has 2 aromatic heterocycles. The zero-order chi connectivity index (χ0) is 13.9. The van der Waals surface area contributed by atoms with Crippen molar-refractivity contribution in [1.29, 1.82) is 0 Å². The van der Waals surface area contributed by atoms with Gasteiger partial charge in [0, 0.05) is 36.7 Å². The maximum atomic E-state index is 10.7. The van der Waals surface area contributed by atoms with Crippen LogP contribution in [0.2, 0.25) is 0 Å². The summed E-state index contributed by atoms with van der Waals surface area (Å²) < 4.78 is 5.46. The number of nitrogens with zero attached hydrogens (tertiary/aromatic N) is 3. The summed E-state index contributed by atoms with van der Waals surface area (Å²) in [6.07, 6.45) is 2.54. The number of non-ortho nitro benzene ring substituents is 1. The van der Waals surface area contributed by atoms with E-state index in [1.807, 2.05) is 5.38 Å². The Balaban J connectivity index is 1.70. The molecule has 0 aliphatic heterocycles. The van der Waals surface area contributed by atoms with Gasteiger partial charge in [-0.05, 0) is 6.07 Å². The van der Waals surface area contributed by atoms with Crippen LogP contribution in [0.15, 0.2) is 34.2 Å². The molecule has 0 saturated heterocycles. The lowest BCUT2D eigenvalue weighted by atomic mass is 10.3. The summed E-state index contributed by atoms with van der Waals surface area (Å²) >= 11 is 1.59. The highest BCUT2D eigenvalue weighted by atomic mass is 32.1. The Morgan fingerprint density at radius 1 is 1.45 bits per heavy atom. The van der Waals surface area contributed by atoms with Gasteiger partial charge in [0.05, 0.1) is 9.93 Å². The third kappa shape index (κ3) is 2.59. The Kier molecular flexibility index (Phi) is 3.30. The lowest BCUT2D eigenvalue weighted by molar-refractivity contribution is -0.384. The van der Waals surface area contributed by atoms with Gasteiger partial charge in [-0.15, -0.1) is 11.3 Å². The number of aromatic nitrogens is 2. The van der Waals surface area contributed by atoms with E-state index in [1.165, 1.54) is 12.1 Å². The molecule has 8 heteroatoms. The summed E-state index contributed by atoms with van der Waals surface area (Å²) in [4.78, 5) is 18.6. The SMILES string of the molecule is O=[N+]([O-])c1ccc2oc(NCCc3nccs3)nc2c1. The number of rotatable bonds is 5. The summed E-state index contributed by atoms with van der Waals surface area (Å²) in [5, 5.41) is 16.7. The third-order valence-electron chi connectivity index (χ3n) is 2.68. The van der Waals surface area contributed by atoms with Crippen LogP contribution in [-0.4, -0.2) is 21.4 Å². The highest BCUT2D eigenvalue weighted by molar-refractivity contribution is 7.09. The molecule has 0 saturated carbocycles. The molecule has 0 fully saturated rings. The molecule has 20 heavy (non-hydrogen) atoms. The summed E-state index contributed by atoms with van der Waals surface area (Å²) in [7, 11) is 0. The lowest BCUT2D eigenvalue weighted by Gasteiger charge is -1.97. The fourth-order valence-electron chi connectivity index (χ4n) is 1.76. The molecular weight excluding hydrogens is 280 g/mol. The van der Waals surface area contributed by atoms with E-state index in [0.717, 1.165) is 11.4 Å². The summed E-state index contributed by atoms with van der Waals surface area (Å²) in [6.45, 7) is 0.641. The van der Waals surface area contributed by atoms with Crippen LogP contribution >= 0.6 is 11.3 Å². The minimum absolute atomic E-state index is 0.000126. The van der Waals surface area contributed by atoms with E-state index in [4.69, 9.17) is 4.42 Å². The number of nitrogens with one attached hydrogen (secondary N) is 1. The number of fused-ring (bicyclic) bond motifs is 1. The molecule has 0 aliphatic carbocycles. The first-order valence-electron chi connectivity index (χ1n) is 5.89. The smallest absolute Gasteiger partial charge is 0.295 e. The van der Waals surface area contributed by atoms with E-state index < -0.39 is 4.92 Å². The van der Waals surface area contributed by atoms with Crippen molar-refractivity contribution < 1.29 is 9.34 Å². The number of nitro benzene ring substituents is 1. The molecule has 0 bridgehead atoms. The lowest BCUT2D eigenvalue weighted by Crippen LogP contribution is -2.04. The van der Waals surface area contributed by atoms with Gasteiger partial charge < -0.3 is 9.73 Å². The van der Waals surface area contributed by atoms with Gasteiger partial charge in [-0.2, -0.15) is 4.98 Å². The maximum Gasteiger partial charge on any atom is 0.295 e. The normalized spacial score (nSPS) is 10.8. The van der Waals surface area contributed by atoms with Crippen LogP contribution in [-0.2, 0) is 6.42 Å². The Labute approximate surface area is 117 Å². The summed E-state index contributed by atoms with van der Waals surface area (Å²) in [6, 6.07) is 4.70. The molecule has 0 spiro atoms. The molecule has 0 unspecified atom stereocenters. The van der Waals surface area contributed by atoms with Crippen LogP contribution < -0.4 is 5.32 Å². The van der Waals surface area contributed by atoms with Crippen LogP contribution in [0.5, 0.6) is 0 Å². The first-order valence-corrected chi connectivity index (χ1v) is 6.77. The minimum atomic E-state index is -0.455. The van der Waals surface area contributed by atoms with Gasteiger partial charge in [0.15, 0.2) is 5.58 Å². The van der Waals surface area contributed by atoms with Gasteiger partial charge in [-0.1, -0.05) is 0 Å². The fourth-order valence-corrected chi connectivity index (χ4v) is 2.38. The standard InChI is InChI=1S/C12H10N4O3S/c17-16(18)8-1-2-10-9(7-8)15-12(19-10)14-4-3-11-13-5-6-20-11/h1-2,5-7H,3-4H2,(H,14,15). The zero-order valence-corrected chi connectivity index (χ0v) is 11.1. The van der Waals surface area contributed by atoms with Crippen LogP contribution in [0.25, 0.3) is 11.1 Å². The molecule has 1 N–H and O–H groups in total. The van der Waals surface area contributed by atoms with Crippen LogP contribution in [0.4, 0.5) is 11.7 Å². The second kappa shape index (κ2) is 5.25. The number of hydrogen-bond donors (Lipinski definition) is 1. The predicted octanol–water partition coefficient (Wildman–Crippen LogP) is 2.85. The van der Waals surface area contributed by atoms with E-state index in [2.05, 4.69) is 15.3 Å². The second-order valence-electron chi connectivity index (χ2n) is 4.03. The number of anilines is 1. The van der Waals surface area contributed by atoms with Crippen LogP contribution in [0, 0.1) is 10.1 Å². The Morgan fingerprint density at radius 2 is 2.35 bits per heavy atom. The van der Waals surface area contributed by atoms with E-state index >= 15 is 0 Å². The van der Waals surface area contributed by atoms with Gasteiger partial charge in [-0.25, -0.2) is 4.98 Å². The quantitative estimate of drug-likeness (QED) is 0.573. The van der Waals surface area contributed by atoms with Crippen molar-refractivity contribution in [3.63, 3.8) is 0 Å². The molecule has 0 aliphatic rings. The van der Waals surface area contributed by atoms with E-state index in [9.17, 15) is 10.1 Å². The Bertz CT molecular complexity index is 738. The van der Waals surface area contributed by atoms with Crippen molar-refractivity contribution in [1.82, 2.24) is 9.97 Å². The van der Waals surface area contributed by atoms with E-state index in [0.29, 0.717) is 23.7 Å². The van der Waals surface area contributed by atoms with Crippen molar-refractivity contribution in [3.8, 4) is 0 Å². The average Bonchev–Trinajstić information content (AvgIpc) is 3.06. The van der Waals surface area contributed by atoms with Crippen molar-refractivity contribution >= 4 is 34.1 Å². The Hall–Kier alpha value is -2.48. The molecule has 0 radical (unpaired) electrons. The number of nitro groups is 1. The molecule has 2 heterocycles. The van der Waals surface area contributed by atoms with Gasteiger partial charge >= 0.3 is 0 Å². The van der Waals surface area contributed by atoms with Crippen LogP contribution in [0.3, 0.4) is 0 Å². The zero-order valence-electron chi connectivity index (χ0n) is 10.3. The van der Waals surface area contributed by atoms with Gasteiger partial charge in [0.25, 0.3) is 11.7 Å². The molecule has 7 nitrogen and oxygen atoms in total. The number of benzene rings is 1. The topological polar surface area (TPSA) is 94.1 Å². The van der Waals surface area contributed by atoms with Crippen molar-refractivity contribution in [3.05, 3.63) is 44.9 Å². The van der Waals surface area contributed by atoms with Crippen LogP contribution in [0.1, 0.15) is 5.01 Å². The minimum Gasteiger partial charge on any atom is -0.424 e. The fraction of sp³-hybridized carbons (Fsp3) is 0.167. The maximum absolute atomic E-state index is 10.7. The molecule has 102 valence electrons. The second-order valence-corrected chi connectivity index (χ2v) is 5.01. The van der Waals surface area contributed by atoms with Gasteiger partial charge in [0.1, 0.15) is 5.52 Å². The molecule has 3 rings (SSSR count). The average molecular weight is 290 g/mol. The first kappa shape index (κ1) is 12.5. The number of hydrogen-bond acceptors (Lipinski definition) is 7. The highest BCUT2D eigenvalue weighted by Gasteiger charge is 2.11. The summed E-state index contributed by atoms with van der Waals surface area (Å²) in [5.74, 6) is 0. The number of thiazole rings is 1. The molecular formula is C12H10N4O3S. The molecule has 3 aromatic rings. The van der Waals surface area contributed by atoms with E-state index in [-0.39, 0.29) is 5.69 Å². The third-order valence-corrected chi connectivity index (χ3v) is 3.52. The molecule has 0 amide bonds. The monoisotopic (exact) mass is 290 g/mol. The largest absolute Gasteiger partial charge is 0.424 e. The molecule has 0 atom stereocenters.